The smallest absolute Gasteiger partial charge is 0.406 e. The van der Waals surface area contributed by atoms with E-state index >= 15 is 0 Å². The molecule has 0 unspecified atom stereocenters. The number of carbonyl (C=O) groups is 3. The number of hydrogen-bond donors (Lipinski definition) is 2. The molecule has 0 bridgehead atoms. The summed E-state index contributed by atoms with van der Waals surface area (Å²) in [6.07, 6.45) is -3.59. The lowest BCUT2D eigenvalue weighted by molar-refractivity contribution is -0.140. The minimum Gasteiger partial charge on any atom is -0.478 e. The highest BCUT2D eigenvalue weighted by Crippen LogP contribution is 2.16. The van der Waals surface area contributed by atoms with Crippen molar-refractivity contribution in [1.29, 1.82) is 0 Å². The fourth-order valence-electron chi connectivity index (χ4n) is 0.917. The van der Waals surface area contributed by atoms with E-state index in [1.807, 2.05) is 0 Å². The Labute approximate surface area is 100 Å². The molecule has 0 heterocycles. The van der Waals surface area contributed by atoms with Gasteiger partial charge in [0.05, 0.1) is 0 Å². The molecule has 0 rings (SSSR count). The summed E-state index contributed by atoms with van der Waals surface area (Å²) < 4.78 is 36.1. The van der Waals surface area contributed by atoms with Crippen molar-refractivity contribution < 1.29 is 32.7 Å². The average Bonchev–Trinajstić information content (AvgIpc) is 2.21. The first-order valence-electron chi connectivity index (χ1n) is 4.73. The summed E-state index contributed by atoms with van der Waals surface area (Å²) >= 11 is 0. The minimum absolute atomic E-state index is 0.249. The highest BCUT2D eigenvalue weighted by atomic mass is 19.4. The summed E-state index contributed by atoms with van der Waals surface area (Å²) in [7, 11) is 0. The van der Waals surface area contributed by atoms with Crippen molar-refractivity contribution in [2.75, 3.05) is 13.1 Å². The van der Waals surface area contributed by atoms with Crippen LogP contribution in [0, 0.1) is 0 Å². The molecule has 0 radical (unpaired) electrons. The number of imide groups is 1. The molecule has 0 aliphatic carbocycles. The van der Waals surface area contributed by atoms with Gasteiger partial charge in [-0.05, 0) is 6.92 Å². The average molecular weight is 268 g/mol. The van der Waals surface area contributed by atoms with Crippen LogP contribution in [0.2, 0.25) is 0 Å². The third-order valence-electron chi connectivity index (χ3n) is 1.65. The van der Waals surface area contributed by atoms with Crippen LogP contribution in [-0.2, 0) is 9.59 Å². The van der Waals surface area contributed by atoms with Crippen molar-refractivity contribution in [1.82, 2.24) is 10.2 Å². The van der Waals surface area contributed by atoms with Crippen LogP contribution in [-0.4, -0.2) is 47.2 Å². The van der Waals surface area contributed by atoms with Crippen LogP contribution in [0.25, 0.3) is 0 Å². The monoisotopic (exact) mass is 268 g/mol. The first kappa shape index (κ1) is 15.9. The zero-order chi connectivity index (χ0) is 14.3. The van der Waals surface area contributed by atoms with Crippen molar-refractivity contribution in [3.05, 3.63) is 12.2 Å². The Balaban J connectivity index is 4.45. The standard InChI is InChI=1S/C9H11F3N2O4/c1-2-14(5-9(10,11)12)8(18)13-6(15)3-4-7(16)17/h3-4H,2,5H2,1H3,(H,16,17)(H,13,15,18)/b4-3+. The number of carboxylic acids is 1. The van der Waals surface area contributed by atoms with Gasteiger partial charge in [0.15, 0.2) is 0 Å². The van der Waals surface area contributed by atoms with Crippen molar-refractivity contribution in [2.24, 2.45) is 0 Å². The second-order valence-corrected chi connectivity index (χ2v) is 3.10. The molecule has 6 nitrogen and oxygen atoms in total. The van der Waals surface area contributed by atoms with Gasteiger partial charge in [0.2, 0.25) is 0 Å². The van der Waals surface area contributed by atoms with E-state index in [0.717, 1.165) is 0 Å². The van der Waals surface area contributed by atoms with E-state index in [0.29, 0.717) is 17.1 Å². The Hall–Kier alpha value is -2.06. The molecule has 9 heteroatoms. The summed E-state index contributed by atoms with van der Waals surface area (Å²) in [4.78, 5) is 32.6. The summed E-state index contributed by atoms with van der Waals surface area (Å²) in [6.45, 7) is -0.435. The Kier molecular flexibility index (Phi) is 5.86. The molecule has 0 fully saturated rings. The molecule has 0 aromatic heterocycles. The second kappa shape index (κ2) is 6.62. The van der Waals surface area contributed by atoms with Gasteiger partial charge in [-0.15, -0.1) is 0 Å². The summed E-state index contributed by atoms with van der Waals surface area (Å²) in [6, 6.07) is -1.24. The quantitative estimate of drug-likeness (QED) is 0.736. The Morgan fingerprint density at radius 2 is 1.83 bits per heavy atom. The Morgan fingerprint density at radius 3 is 2.22 bits per heavy atom. The number of hydrogen-bond acceptors (Lipinski definition) is 3. The number of alkyl halides is 3. The molecule has 0 aromatic rings. The molecule has 3 amide bonds. The normalized spacial score (nSPS) is 11.3. The van der Waals surface area contributed by atoms with Gasteiger partial charge < -0.3 is 10.0 Å². The van der Waals surface area contributed by atoms with Crippen LogP contribution in [0.3, 0.4) is 0 Å². The zero-order valence-corrected chi connectivity index (χ0v) is 9.32. The predicted octanol–water partition coefficient (Wildman–Crippen LogP) is 0.748. The largest absolute Gasteiger partial charge is 0.478 e. The van der Waals surface area contributed by atoms with Gasteiger partial charge in [0.25, 0.3) is 5.91 Å². The number of halogens is 3. The van der Waals surface area contributed by atoms with E-state index in [1.54, 1.807) is 5.32 Å². The fourth-order valence-corrected chi connectivity index (χ4v) is 0.917. The van der Waals surface area contributed by atoms with Crippen molar-refractivity contribution in [3.63, 3.8) is 0 Å². The van der Waals surface area contributed by atoms with E-state index in [2.05, 4.69) is 0 Å². The fraction of sp³-hybridized carbons (Fsp3) is 0.444. The minimum atomic E-state index is -4.58. The maximum atomic E-state index is 12.0. The van der Waals surface area contributed by atoms with Crippen LogP contribution in [0.4, 0.5) is 18.0 Å². The lowest BCUT2D eigenvalue weighted by Crippen LogP contribution is -2.46. The Bertz CT molecular complexity index is 365. The van der Waals surface area contributed by atoms with E-state index < -0.39 is 30.6 Å². The predicted molar refractivity (Wildman–Crippen MR) is 53.6 cm³/mol. The van der Waals surface area contributed by atoms with Gasteiger partial charge >= 0.3 is 18.2 Å². The number of rotatable bonds is 4. The van der Waals surface area contributed by atoms with Gasteiger partial charge in [-0.1, -0.05) is 0 Å². The van der Waals surface area contributed by atoms with Crippen LogP contribution in [0.1, 0.15) is 6.92 Å². The lowest BCUT2D eigenvalue weighted by Gasteiger charge is -2.21. The molecule has 0 spiro atoms. The SMILES string of the molecule is CCN(CC(F)(F)F)C(=O)NC(=O)/C=C/C(=O)O. The Morgan fingerprint density at radius 1 is 1.28 bits per heavy atom. The third kappa shape index (κ3) is 7.25. The molecular formula is C9H11F3N2O4. The molecule has 0 atom stereocenters. The van der Waals surface area contributed by atoms with Crippen molar-refractivity contribution >= 4 is 17.9 Å². The van der Waals surface area contributed by atoms with Gasteiger partial charge in [-0.3, -0.25) is 10.1 Å². The lowest BCUT2D eigenvalue weighted by atomic mass is 10.4. The molecule has 0 aliphatic heterocycles. The maximum Gasteiger partial charge on any atom is 0.406 e. The van der Waals surface area contributed by atoms with Crippen molar-refractivity contribution in [2.45, 2.75) is 13.1 Å². The maximum absolute atomic E-state index is 12.0. The van der Waals surface area contributed by atoms with Crippen LogP contribution in [0.15, 0.2) is 12.2 Å². The van der Waals surface area contributed by atoms with Crippen molar-refractivity contribution in [3.8, 4) is 0 Å². The zero-order valence-electron chi connectivity index (χ0n) is 9.32. The molecule has 2 N–H and O–H groups in total. The second-order valence-electron chi connectivity index (χ2n) is 3.10. The highest BCUT2D eigenvalue weighted by Gasteiger charge is 2.32. The highest BCUT2D eigenvalue weighted by molar-refractivity contribution is 6.02. The van der Waals surface area contributed by atoms with Gasteiger partial charge in [0.1, 0.15) is 6.54 Å². The molecule has 18 heavy (non-hydrogen) atoms. The molecule has 0 saturated carbocycles. The number of aliphatic carboxylic acids is 1. The third-order valence-corrected chi connectivity index (χ3v) is 1.65. The van der Waals surface area contributed by atoms with E-state index in [1.165, 1.54) is 6.92 Å². The van der Waals surface area contributed by atoms with Crippen LogP contribution in [0.5, 0.6) is 0 Å². The molecule has 102 valence electrons. The summed E-state index contributed by atoms with van der Waals surface area (Å²) in [5.74, 6) is -2.52. The molecule has 0 aromatic carbocycles. The first-order chi connectivity index (χ1) is 8.15. The van der Waals surface area contributed by atoms with E-state index in [9.17, 15) is 27.6 Å². The number of carboxylic acid groups (broad SMARTS) is 1. The molecular weight excluding hydrogens is 257 g/mol. The van der Waals surface area contributed by atoms with Gasteiger partial charge in [-0.2, -0.15) is 13.2 Å². The number of carbonyl (C=O) groups excluding carboxylic acids is 2. The molecule has 0 aliphatic rings. The van der Waals surface area contributed by atoms with Gasteiger partial charge in [-0.25, -0.2) is 9.59 Å². The number of urea groups is 1. The number of nitrogens with zero attached hydrogens (tertiary/aromatic N) is 1. The first-order valence-corrected chi connectivity index (χ1v) is 4.73. The van der Waals surface area contributed by atoms with Crippen LogP contribution >= 0.6 is 0 Å². The topological polar surface area (TPSA) is 86.7 Å². The molecule has 0 saturated heterocycles. The van der Waals surface area contributed by atoms with Gasteiger partial charge in [0, 0.05) is 18.7 Å². The van der Waals surface area contributed by atoms with E-state index in [-0.39, 0.29) is 6.54 Å². The summed E-state index contributed by atoms with van der Waals surface area (Å²) in [5.41, 5.74) is 0. The summed E-state index contributed by atoms with van der Waals surface area (Å²) in [5, 5.41) is 9.80. The number of nitrogens with one attached hydrogen (secondary N) is 1. The van der Waals surface area contributed by atoms with Crippen LogP contribution < -0.4 is 5.32 Å². The number of amides is 3. The van der Waals surface area contributed by atoms with E-state index in [4.69, 9.17) is 5.11 Å².